The van der Waals surface area contributed by atoms with E-state index >= 15 is 0 Å². The average molecular weight is 319 g/mol. The molecule has 2 aromatic carbocycles. The fourth-order valence-corrected chi connectivity index (χ4v) is 2.50. The van der Waals surface area contributed by atoms with Crippen LogP contribution in [0.3, 0.4) is 0 Å². The highest BCUT2D eigenvalue weighted by atomic mass is 16.2. The third-order valence-electron chi connectivity index (χ3n) is 3.64. The smallest absolute Gasteiger partial charge is 0.251 e. The van der Waals surface area contributed by atoms with Gasteiger partial charge < -0.3 is 10.6 Å². The third-order valence-corrected chi connectivity index (χ3v) is 3.64. The van der Waals surface area contributed by atoms with Gasteiger partial charge in [0.05, 0.1) is 12.2 Å². The summed E-state index contributed by atoms with van der Waals surface area (Å²) in [4.78, 5) is 27.6. The Morgan fingerprint density at radius 1 is 1.00 bits per heavy atom. The van der Waals surface area contributed by atoms with Crippen LogP contribution in [0, 0.1) is 0 Å². The van der Waals surface area contributed by atoms with E-state index in [1.54, 1.807) is 30.5 Å². The van der Waals surface area contributed by atoms with Gasteiger partial charge >= 0.3 is 0 Å². The summed E-state index contributed by atoms with van der Waals surface area (Å²) in [5.41, 5.74) is 2.02. The van der Waals surface area contributed by atoms with Crippen LogP contribution in [0.25, 0.3) is 10.8 Å². The molecule has 1 heterocycles. The first-order chi connectivity index (χ1) is 11.6. The van der Waals surface area contributed by atoms with Crippen molar-refractivity contribution in [2.45, 2.75) is 13.5 Å². The van der Waals surface area contributed by atoms with Crippen LogP contribution in [-0.4, -0.2) is 16.8 Å². The fourth-order valence-electron chi connectivity index (χ4n) is 2.50. The van der Waals surface area contributed by atoms with Crippen LogP contribution >= 0.6 is 0 Å². The lowest BCUT2D eigenvalue weighted by Crippen LogP contribution is -2.23. The summed E-state index contributed by atoms with van der Waals surface area (Å²) in [7, 11) is 0. The van der Waals surface area contributed by atoms with Crippen molar-refractivity contribution in [1.29, 1.82) is 0 Å². The van der Waals surface area contributed by atoms with E-state index in [0.717, 1.165) is 16.5 Å². The highest BCUT2D eigenvalue weighted by Crippen LogP contribution is 2.16. The van der Waals surface area contributed by atoms with Gasteiger partial charge in [-0.1, -0.05) is 24.3 Å². The van der Waals surface area contributed by atoms with Gasteiger partial charge in [0, 0.05) is 29.8 Å². The highest BCUT2D eigenvalue weighted by Gasteiger charge is 2.08. The Labute approximate surface area is 139 Å². The summed E-state index contributed by atoms with van der Waals surface area (Å²) in [6.45, 7) is 1.80. The van der Waals surface area contributed by atoms with Gasteiger partial charge in [0.15, 0.2) is 0 Å². The molecule has 2 amide bonds. The van der Waals surface area contributed by atoms with Crippen molar-refractivity contribution < 1.29 is 9.59 Å². The van der Waals surface area contributed by atoms with E-state index in [1.165, 1.54) is 6.92 Å². The van der Waals surface area contributed by atoms with Gasteiger partial charge in [-0.05, 0) is 35.7 Å². The normalized spacial score (nSPS) is 10.4. The molecule has 0 saturated heterocycles. The maximum atomic E-state index is 12.3. The summed E-state index contributed by atoms with van der Waals surface area (Å²) in [6, 6.07) is 16.6. The van der Waals surface area contributed by atoms with Crippen molar-refractivity contribution in [3.63, 3.8) is 0 Å². The quantitative estimate of drug-likeness (QED) is 0.776. The number of benzene rings is 2. The highest BCUT2D eigenvalue weighted by molar-refractivity contribution is 5.95. The lowest BCUT2D eigenvalue weighted by atomic mass is 10.1. The first kappa shape index (κ1) is 15.7. The van der Waals surface area contributed by atoms with Crippen LogP contribution < -0.4 is 10.6 Å². The molecule has 0 spiro atoms. The lowest BCUT2D eigenvalue weighted by molar-refractivity contribution is -0.114. The largest absolute Gasteiger partial charge is 0.346 e. The maximum absolute atomic E-state index is 12.3. The van der Waals surface area contributed by atoms with E-state index in [2.05, 4.69) is 15.6 Å². The summed E-state index contributed by atoms with van der Waals surface area (Å²) in [5, 5.41) is 7.67. The SMILES string of the molecule is CC(=O)Nc1ccc(C(=O)NCc2nccc3ccccc23)cc1. The van der Waals surface area contributed by atoms with E-state index in [0.29, 0.717) is 17.8 Å². The summed E-state index contributed by atoms with van der Waals surface area (Å²) in [6.07, 6.45) is 1.74. The van der Waals surface area contributed by atoms with Gasteiger partial charge in [-0.2, -0.15) is 0 Å². The number of carbonyl (C=O) groups is 2. The zero-order chi connectivity index (χ0) is 16.9. The Morgan fingerprint density at radius 3 is 2.50 bits per heavy atom. The van der Waals surface area contributed by atoms with Crippen molar-refractivity contribution in [3.8, 4) is 0 Å². The minimum Gasteiger partial charge on any atom is -0.346 e. The number of pyridine rings is 1. The van der Waals surface area contributed by atoms with Crippen molar-refractivity contribution in [1.82, 2.24) is 10.3 Å². The molecule has 3 rings (SSSR count). The molecule has 0 aliphatic carbocycles. The monoisotopic (exact) mass is 319 g/mol. The number of amides is 2. The number of carbonyl (C=O) groups excluding carboxylic acids is 2. The molecular weight excluding hydrogens is 302 g/mol. The van der Waals surface area contributed by atoms with E-state index < -0.39 is 0 Å². The molecule has 0 radical (unpaired) electrons. The van der Waals surface area contributed by atoms with Gasteiger partial charge in [-0.25, -0.2) is 0 Å². The van der Waals surface area contributed by atoms with Crippen LogP contribution in [0.1, 0.15) is 23.0 Å². The van der Waals surface area contributed by atoms with Crippen LogP contribution in [0.2, 0.25) is 0 Å². The molecule has 0 atom stereocenters. The molecule has 0 aliphatic heterocycles. The van der Waals surface area contributed by atoms with Crippen LogP contribution in [0.15, 0.2) is 60.8 Å². The predicted molar refractivity (Wildman–Crippen MR) is 93.7 cm³/mol. The molecule has 0 saturated carbocycles. The summed E-state index contributed by atoms with van der Waals surface area (Å²) < 4.78 is 0. The van der Waals surface area contributed by atoms with E-state index in [9.17, 15) is 9.59 Å². The Hall–Kier alpha value is -3.21. The standard InChI is InChI=1S/C19H17N3O2/c1-13(23)22-16-8-6-15(7-9-16)19(24)21-12-18-17-5-3-2-4-14(17)10-11-20-18/h2-11H,12H2,1H3,(H,21,24)(H,22,23). The van der Waals surface area contributed by atoms with Crippen molar-refractivity contribution in [2.24, 2.45) is 0 Å². The van der Waals surface area contributed by atoms with Gasteiger partial charge in [0.1, 0.15) is 0 Å². The second kappa shape index (κ2) is 6.91. The second-order valence-electron chi connectivity index (χ2n) is 5.42. The Bertz CT molecular complexity index is 883. The predicted octanol–water partition coefficient (Wildman–Crippen LogP) is 3.12. The summed E-state index contributed by atoms with van der Waals surface area (Å²) in [5.74, 6) is -0.326. The van der Waals surface area contributed by atoms with Gasteiger partial charge in [-0.15, -0.1) is 0 Å². The number of rotatable bonds is 4. The zero-order valence-electron chi connectivity index (χ0n) is 13.2. The second-order valence-corrected chi connectivity index (χ2v) is 5.42. The van der Waals surface area contributed by atoms with Crippen LogP contribution in [0.4, 0.5) is 5.69 Å². The molecule has 0 aliphatic rings. The molecule has 0 bridgehead atoms. The first-order valence-corrected chi connectivity index (χ1v) is 7.62. The van der Waals surface area contributed by atoms with E-state index in [-0.39, 0.29) is 11.8 Å². The van der Waals surface area contributed by atoms with Gasteiger partial charge in [-0.3, -0.25) is 14.6 Å². The number of aromatic nitrogens is 1. The van der Waals surface area contributed by atoms with E-state index in [4.69, 9.17) is 0 Å². The van der Waals surface area contributed by atoms with Gasteiger partial charge in [0.2, 0.25) is 5.91 Å². The topological polar surface area (TPSA) is 71.1 Å². The molecule has 2 N–H and O–H groups in total. The Balaban J connectivity index is 1.69. The minimum atomic E-state index is -0.181. The molecule has 0 unspecified atom stereocenters. The van der Waals surface area contributed by atoms with Crippen molar-refractivity contribution in [3.05, 3.63) is 72.1 Å². The molecule has 5 heteroatoms. The number of anilines is 1. The number of hydrogen-bond acceptors (Lipinski definition) is 3. The molecule has 0 fully saturated rings. The molecule has 1 aromatic heterocycles. The van der Waals surface area contributed by atoms with Crippen molar-refractivity contribution in [2.75, 3.05) is 5.32 Å². The van der Waals surface area contributed by atoms with Crippen LogP contribution in [-0.2, 0) is 11.3 Å². The minimum absolute atomic E-state index is 0.144. The zero-order valence-corrected chi connectivity index (χ0v) is 13.2. The number of hydrogen-bond donors (Lipinski definition) is 2. The average Bonchev–Trinajstić information content (AvgIpc) is 2.59. The lowest BCUT2D eigenvalue weighted by Gasteiger charge is -2.08. The number of nitrogens with one attached hydrogen (secondary N) is 2. The molecule has 120 valence electrons. The number of fused-ring (bicyclic) bond motifs is 1. The molecule has 5 nitrogen and oxygen atoms in total. The number of nitrogens with zero attached hydrogens (tertiary/aromatic N) is 1. The molecular formula is C19H17N3O2. The summed E-state index contributed by atoms with van der Waals surface area (Å²) >= 11 is 0. The fraction of sp³-hybridized carbons (Fsp3) is 0.105. The Morgan fingerprint density at radius 2 is 1.75 bits per heavy atom. The molecule has 24 heavy (non-hydrogen) atoms. The van der Waals surface area contributed by atoms with Crippen molar-refractivity contribution >= 4 is 28.3 Å². The van der Waals surface area contributed by atoms with Crippen LogP contribution in [0.5, 0.6) is 0 Å². The first-order valence-electron chi connectivity index (χ1n) is 7.62. The third kappa shape index (κ3) is 3.57. The van der Waals surface area contributed by atoms with Gasteiger partial charge in [0.25, 0.3) is 5.91 Å². The molecule has 3 aromatic rings. The maximum Gasteiger partial charge on any atom is 0.251 e. The Kier molecular flexibility index (Phi) is 4.52. The van der Waals surface area contributed by atoms with E-state index in [1.807, 2.05) is 30.3 Å².